The van der Waals surface area contributed by atoms with E-state index in [9.17, 15) is 4.79 Å². The second-order valence-corrected chi connectivity index (χ2v) is 3.52. The van der Waals surface area contributed by atoms with Crippen LogP contribution in [0.15, 0.2) is 6.33 Å². The van der Waals surface area contributed by atoms with Crippen LogP contribution in [0.4, 0.5) is 0 Å². The Labute approximate surface area is 118 Å². The van der Waals surface area contributed by atoms with Crippen LogP contribution in [0.3, 0.4) is 0 Å². The van der Waals surface area contributed by atoms with Crippen molar-refractivity contribution >= 4 is 18.3 Å². The Morgan fingerprint density at radius 1 is 1.26 bits per heavy atom. The van der Waals surface area contributed by atoms with Crippen molar-refractivity contribution in [2.75, 3.05) is 27.3 Å². The molecule has 7 nitrogen and oxygen atoms in total. The number of hydrogen-bond acceptors (Lipinski definition) is 6. The summed E-state index contributed by atoms with van der Waals surface area (Å²) in [5.41, 5.74) is 5.58. The number of methoxy groups -OCH3 is 2. The van der Waals surface area contributed by atoms with Crippen molar-refractivity contribution < 1.29 is 14.3 Å². The van der Waals surface area contributed by atoms with Crippen LogP contribution in [0.2, 0.25) is 0 Å². The topological polar surface area (TPSA) is 99.4 Å². The van der Waals surface area contributed by atoms with Crippen LogP contribution in [0.1, 0.15) is 23.2 Å². The van der Waals surface area contributed by atoms with E-state index in [4.69, 9.17) is 15.2 Å². The van der Waals surface area contributed by atoms with Crippen molar-refractivity contribution in [1.29, 1.82) is 0 Å². The van der Waals surface area contributed by atoms with E-state index in [-0.39, 0.29) is 35.6 Å². The Balaban J connectivity index is 0.00000324. The zero-order valence-electron chi connectivity index (χ0n) is 11.0. The van der Waals surface area contributed by atoms with Gasteiger partial charge < -0.3 is 20.5 Å². The fraction of sp³-hybridized carbons (Fsp3) is 0.545. The lowest BCUT2D eigenvalue weighted by molar-refractivity contribution is 0.0945. The van der Waals surface area contributed by atoms with E-state index < -0.39 is 0 Å². The van der Waals surface area contributed by atoms with Gasteiger partial charge in [-0.05, 0) is 19.4 Å². The molecule has 0 aliphatic carbocycles. The van der Waals surface area contributed by atoms with E-state index in [2.05, 4.69) is 15.3 Å². The molecule has 1 amide bonds. The molecule has 1 rings (SSSR count). The summed E-state index contributed by atoms with van der Waals surface area (Å²) in [5, 5.41) is 2.75. The maximum Gasteiger partial charge on any atom is 0.262 e. The summed E-state index contributed by atoms with van der Waals surface area (Å²) in [6.07, 6.45) is 2.96. The highest BCUT2D eigenvalue weighted by Gasteiger charge is 2.20. The van der Waals surface area contributed by atoms with Crippen LogP contribution in [0, 0.1) is 0 Å². The summed E-state index contributed by atoms with van der Waals surface area (Å²) in [5.74, 6) is 0.0673. The van der Waals surface area contributed by atoms with Gasteiger partial charge in [0.15, 0.2) is 5.56 Å². The van der Waals surface area contributed by atoms with Crippen molar-refractivity contribution in [3.05, 3.63) is 11.9 Å². The lowest BCUT2D eigenvalue weighted by Gasteiger charge is -2.10. The van der Waals surface area contributed by atoms with Crippen LogP contribution in [-0.4, -0.2) is 43.2 Å². The van der Waals surface area contributed by atoms with E-state index in [0.29, 0.717) is 13.1 Å². The molecule has 0 unspecified atom stereocenters. The molecule has 8 heteroatoms. The summed E-state index contributed by atoms with van der Waals surface area (Å²) in [6.45, 7) is 1.15. The second kappa shape index (κ2) is 9.35. The van der Waals surface area contributed by atoms with Crippen molar-refractivity contribution in [3.63, 3.8) is 0 Å². The standard InChI is InChI=1S/C11H18N4O3.ClH/c1-17-10-8(11(18-2)15-7-14-10)9(16)13-6-4-3-5-12;/h7H,3-6,12H2,1-2H3,(H,13,16);1H. The van der Waals surface area contributed by atoms with Gasteiger partial charge in [-0.25, -0.2) is 9.97 Å². The third-order valence-electron chi connectivity index (χ3n) is 2.31. The molecular formula is C11H19ClN4O3. The number of carbonyl (C=O) groups is 1. The van der Waals surface area contributed by atoms with Gasteiger partial charge in [0.25, 0.3) is 5.91 Å². The summed E-state index contributed by atoms with van der Waals surface area (Å²) >= 11 is 0. The molecule has 1 heterocycles. The molecule has 108 valence electrons. The third-order valence-corrected chi connectivity index (χ3v) is 2.31. The van der Waals surface area contributed by atoms with Gasteiger partial charge in [-0.15, -0.1) is 12.4 Å². The Bertz CT molecular complexity index is 381. The minimum Gasteiger partial charge on any atom is -0.480 e. The smallest absolute Gasteiger partial charge is 0.262 e. The number of aromatic nitrogens is 2. The van der Waals surface area contributed by atoms with Crippen molar-refractivity contribution in [2.45, 2.75) is 12.8 Å². The van der Waals surface area contributed by atoms with E-state index in [0.717, 1.165) is 12.8 Å². The van der Waals surface area contributed by atoms with Crippen LogP contribution < -0.4 is 20.5 Å². The number of carbonyl (C=O) groups excluding carboxylic acids is 1. The predicted molar refractivity (Wildman–Crippen MR) is 73.0 cm³/mol. The van der Waals surface area contributed by atoms with Gasteiger partial charge in [0.2, 0.25) is 11.8 Å². The average Bonchev–Trinajstić information content (AvgIpc) is 2.42. The molecule has 0 atom stereocenters. The molecule has 0 saturated heterocycles. The number of amides is 1. The van der Waals surface area contributed by atoms with Gasteiger partial charge >= 0.3 is 0 Å². The van der Waals surface area contributed by atoms with Crippen LogP contribution in [-0.2, 0) is 0 Å². The van der Waals surface area contributed by atoms with Crippen LogP contribution in [0.25, 0.3) is 0 Å². The summed E-state index contributed by atoms with van der Waals surface area (Å²) in [6, 6.07) is 0. The maximum atomic E-state index is 12.0. The van der Waals surface area contributed by atoms with Crippen LogP contribution in [0.5, 0.6) is 11.8 Å². The van der Waals surface area contributed by atoms with E-state index in [1.165, 1.54) is 20.5 Å². The maximum absolute atomic E-state index is 12.0. The van der Waals surface area contributed by atoms with Crippen molar-refractivity contribution in [1.82, 2.24) is 15.3 Å². The number of nitrogens with zero attached hydrogens (tertiary/aromatic N) is 2. The predicted octanol–water partition coefficient (Wildman–Crippen LogP) is 0.384. The molecule has 0 fully saturated rings. The minimum absolute atomic E-state index is 0. The molecule has 0 aliphatic rings. The number of hydrogen-bond donors (Lipinski definition) is 2. The molecule has 1 aromatic heterocycles. The van der Waals surface area contributed by atoms with E-state index >= 15 is 0 Å². The molecule has 1 aromatic rings. The van der Waals surface area contributed by atoms with Crippen LogP contribution >= 0.6 is 12.4 Å². The van der Waals surface area contributed by atoms with Gasteiger partial charge in [-0.2, -0.15) is 0 Å². The third kappa shape index (κ3) is 4.88. The summed E-state index contributed by atoms with van der Waals surface area (Å²) in [4.78, 5) is 19.7. The molecule has 0 aliphatic heterocycles. The largest absolute Gasteiger partial charge is 0.480 e. The van der Waals surface area contributed by atoms with Gasteiger partial charge in [-0.1, -0.05) is 0 Å². The van der Waals surface area contributed by atoms with Gasteiger partial charge in [-0.3, -0.25) is 4.79 Å². The lowest BCUT2D eigenvalue weighted by atomic mass is 10.2. The first-order chi connectivity index (χ1) is 8.74. The normalized spacial score (nSPS) is 9.42. The quantitative estimate of drug-likeness (QED) is 0.705. The summed E-state index contributed by atoms with van der Waals surface area (Å²) in [7, 11) is 2.87. The first-order valence-corrected chi connectivity index (χ1v) is 5.65. The SMILES string of the molecule is COc1ncnc(OC)c1C(=O)NCCCCN.Cl. The molecule has 19 heavy (non-hydrogen) atoms. The molecule has 0 bridgehead atoms. The van der Waals surface area contributed by atoms with E-state index in [1.807, 2.05) is 0 Å². The van der Waals surface area contributed by atoms with E-state index in [1.54, 1.807) is 0 Å². The Kier molecular flexibility index (Phi) is 8.56. The molecule has 3 N–H and O–H groups in total. The Morgan fingerprint density at radius 2 is 1.84 bits per heavy atom. The molecule has 0 radical (unpaired) electrons. The Hall–Kier alpha value is -1.60. The fourth-order valence-corrected chi connectivity index (χ4v) is 1.42. The number of nitrogens with one attached hydrogen (secondary N) is 1. The number of halogens is 1. The zero-order chi connectivity index (χ0) is 13.4. The first kappa shape index (κ1) is 17.4. The fourth-order valence-electron chi connectivity index (χ4n) is 1.42. The molecular weight excluding hydrogens is 272 g/mol. The molecule has 0 spiro atoms. The zero-order valence-corrected chi connectivity index (χ0v) is 11.8. The number of ether oxygens (including phenoxy) is 2. The highest BCUT2D eigenvalue weighted by molar-refractivity contribution is 5.98. The molecule has 0 aromatic carbocycles. The highest BCUT2D eigenvalue weighted by atomic mass is 35.5. The first-order valence-electron chi connectivity index (χ1n) is 5.65. The monoisotopic (exact) mass is 290 g/mol. The average molecular weight is 291 g/mol. The van der Waals surface area contributed by atoms with Gasteiger partial charge in [0.05, 0.1) is 14.2 Å². The van der Waals surface area contributed by atoms with Gasteiger partial charge in [0.1, 0.15) is 6.33 Å². The number of nitrogens with two attached hydrogens (primary N) is 1. The van der Waals surface area contributed by atoms with Gasteiger partial charge in [0, 0.05) is 6.54 Å². The second-order valence-electron chi connectivity index (χ2n) is 3.52. The minimum atomic E-state index is -0.318. The molecule has 0 saturated carbocycles. The number of rotatable bonds is 7. The van der Waals surface area contributed by atoms with Crippen molar-refractivity contribution in [2.24, 2.45) is 5.73 Å². The lowest BCUT2D eigenvalue weighted by Crippen LogP contribution is -2.26. The summed E-state index contributed by atoms with van der Waals surface area (Å²) < 4.78 is 10.0. The van der Waals surface area contributed by atoms with Crippen molar-refractivity contribution in [3.8, 4) is 11.8 Å². The highest BCUT2D eigenvalue weighted by Crippen LogP contribution is 2.22. The number of unbranched alkanes of at least 4 members (excludes halogenated alkanes) is 1. The Morgan fingerprint density at radius 3 is 2.32 bits per heavy atom.